The Morgan fingerprint density at radius 2 is 0.679 bits per heavy atom. The van der Waals surface area contributed by atoms with Gasteiger partial charge >= 0.3 is 0 Å². The molecular formula is C53H36. The Morgan fingerprint density at radius 1 is 0.283 bits per heavy atom. The number of fused-ring (bicyclic) bond motifs is 8. The Kier molecular flexibility index (Phi) is 6.40. The summed E-state index contributed by atoms with van der Waals surface area (Å²) in [6.45, 7) is 4.82. The highest BCUT2D eigenvalue weighted by atomic mass is 14.4. The van der Waals surface area contributed by atoms with Gasteiger partial charge in [0, 0.05) is 5.41 Å². The lowest BCUT2D eigenvalue weighted by atomic mass is 9.79. The van der Waals surface area contributed by atoms with Gasteiger partial charge < -0.3 is 0 Å². The molecule has 0 heteroatoms. The van der Waals surface area contributed by atoms with E-state index in [4.69, 9.17) is 0 Å². The lowest BCUT2D eigenvalue weighted by Gasteiger charge is -2.24. The summed E-state index contributed by atoms with van der Waals surface area (Å²) >= 11 is 0. The number of rotatable bonds is 3. The van der Waals surface area contributed by atoms with Crippen molar-refractivity contribution in [3.63, 3.8) is 0 Å². The van der Waals surface area contributed by atoms with E-state index in [1.54, 1.807) is 0 Å². The molecule has 10 aromatic rings. The zero-order valence-corrected chi connectivity index (χ0v) is 29.8. The first-order valence-corrected chi connectivity index (χ1v) is 18.7. The van der Waals surface area contributed by atoms with Crippen LogP contribution < -0.4 is 0 Å². The third kappa shape index (κ3) is 4.55. The van der Waals surface area contributed by atoms with Gasteiger partial charge in [-0.1, -0.05) is 159 Å². The first kappa shape index (κ1) is 30.2. The summed E-state index contributed by atoms with van der Waals surface area (Å²) in [7, 11) is 0. The second-order valence-corrected chi connectivity index (χ2v) is 15.3. The van der Waals surface area contributed by atoms with E-state index in [0.717, 1.165) is 0 Å². The van der Waals surface area contributed by atoms with Crippen LogP contribution in [0.5, 0.6) is 0 Å². The molecule has 1 aliphatic rings. The molecule has 0 spiro atoms. The first-order valence-electron chi connectivity index (χ1n) is 18.7. The van der Waals surface area contributed by atoms with Crippen LogP contribution in [-0.2, 0) is 5.41 Å². The summed E-state index contributed by atoms with van der Waals surface area (Å²) in [6.07, 6.45) is 0. The topological polar surface area (TPSA) is 0 Å². The van der Waals surface area contributed by atoms with Crippen LogP contribution in [0.15, 0.2) is 182 Å². The molecule has 0 aliphatic heterocycles. The summed E-state index contributed by atoms with van der Waals surface area (Å²) in [5.74, 6) is 0. The molecule has 0 nitrogen and oxygen atoms in total. The van der Waals surface area contributed by atoms with Gasteiger partial charge in [-0.2, -0.15) is 0 Å². The average molecular weight is 673 g/mol. The Bertz CT molecular complexity index is 3140. The fraction of sp³-hybridized carbons (Fsp3) is 0.0566. The molecule has 1 aliphatic carbocycles. The monoisotopic (exact) mass is 672 g/mol. The predicted octanol–water partition coefficient (Wildman–Crippen LogP) is 14.8. The average Bonchev–Trinajstić information content (AvgIpc) is 3.43. The zero-order valence-electron chi connectivity index (χ0n) is 29.8. The van der Waals surface area contributed by atoms with Crippen LogP contribution in [0.2, 0.25) is 0 Å². The van der Waals surface area contributed by atoms with E-state index in [1.807, 2.05) is 0 Å². The maximum Gasteiger partial charge on any atom is 0.0159 e. The van der Waals surface area contributed by atoms with Gasteiger partial charge in [-0.25, -0.2) is 0 Å². The van der Waals surface area contributed by atoms with E-state index in [9.17, 15) is 0 Å². The first-order chi connectivity index (χ1) is 26.0. The predicted molar refractivity (Wildman–Crippen MR) is 228 cm³/mol. The van der Waals surface area contributed by atoms with E-state index in [0.29, 0.717) is 0 Å². The second kappa shape index (κ2) is 11.2. The fourth-order valence-corrected chi connectivity index (χ4v) is 9.26. The maximum atomic E-state index is 2.54. The molecule has 0 saturated carbocycles. The molecule has 248 valence electrons. The van der Waals surface area contributed by atoms with E-state index in [2.05, 4.69) is 196 Å². The summed E-state index contributed by atoms with van der Waals surface area (Å²) in [5.41, 5.74) is 12.9. The molecule has 0 radical (unpaired) electrons. The van der Waals surface area contributed by atoms with Crippen molar-refractivity contribution in [1.82, 2.24) is 0 Å². The highest BCUT2D eigenvalue weighted by Crippen LogP contribution is 2.54. The van der Waals surface area contributed by atoms with E-state index < -0.39 is 0 Å². The van der Waals surface area contributed by atoms with Gasteiger partial charge in [0.1, 0.15) is 0 Å². The highest BCUT2D eigenvalue weighted by Gasteiger charge is 2.37. The lowest BCUT2D eigenvalue weighted by Crippen LogP contribution is -2.15. The van der Waals surface area contributed by atoms with Gasteiger partial charge in [-0.15, -0.1) is 0 Å². The number of benzene rings is 10. The van der Waals surface area contributed by atoms with Crippen molar-refractivity contribution in [2.24, 2.45) is 0 Å². The normalized spacial score (nSPS) is 13.2. The Hall–Kier alpha value is -6.50. The van der Waals surface area contributed by atoms with E-state index >= 15 is 0 Å². The third-order valence-electron chi connectivity index (χ3n) is 12.0. The van der Waals surface area contributed by atoms with Crippen molar-refractivity contribution >= 4 is 53.9 Å². The van der Waals surface area contributed by atoms with Gasteiger partial charge in [0.05, 0.1) is 0 Å². The number of hydrogen-bond donors (Lipinski definition) is 0. The largest absolute Gasteiger partial charge is 0.0616 e. The molecule has 0 heterocycles. The van der Waals surface area contributed by atoms with Crippen LogP contribution in [-0.4, -0.2) is 0 Å². The van der Waals surface area contributed by atoms with Gasteiger partial charge in [0.2, 0.25) is 0 Å². The second-order valence-electron chi connectivity index (χ2n) is 15.3. The molecule has 0 aromatic heterocycles. The summed E-state index contributed by atoms with van der Waals surface area (Å²) in [5, 5.41) is 12.7. The van der Waals surface area contributed by atoms with Gasteiger partial charge in [0.25, 0.3) is 0 Å². The molecule has 0 amide bonds. The highest BCUT2D eigenvalue weighted by molar-refractivity contribution is 6.23. The van der Waals surface area contributed by atoms with Crippen molar-refractivity contribution in [3.8, 4) is 44.5 Å². The lowest BCUT2D eigenvalue weighted by molar-refractivity contribution is 0.661. The molecule has 0 unspecified atom stereocenters. The van der Waals surface area contributed by atoms with Crippen LogP contribution in [0, 0.1) is 0 Å². The van der Waals surface area contributed by atoms with Crippen molar-refractivity contribution < 1.29 is 0 Å². The Morgan fingerprint density at radius 3 is 1.23 bits per heavy atom. The van der Waals surface area contributed by atoms with Gasteiger partial charge in [0.15, 0.2) is 0 Å². The summed E-state index contributed by atoms with van der Waals surface area (Å²) in [4.78, 5) is 0. The molecule has 0 atom stereocenters. The minimum absolute atomic E-state index is 0.179. The molecule has 0 fully saturated rings. The minimum atomic E-state index is -0.179. The zero-order chi connectivity index (χ0) is 35.3. The molecular weight excluding hydrogens is 637 g/mol. The van der Waals surface area contributed by atoms with Crippen molar-refractivity contribution in [1.29, 1.82) is 0 Å². The SMILES string of the molecule is CC1(C)c2cc(-c3ccc4ccccc4c3)ccc2-c2cc3c(-c4ccc5ccccc5c4)c4ccccc4c(-c4ccc5ccccc5c4)c3cc21. The summed E-state index contributed by atoms with van der Waals surface area (Å²) in [6, 6.07) is 68.1. The van der Waals surface area contributed by atoms with E-state index in [-0.39, 0.29) is 5.41 Å². The summed E-state index contributed by atoms with van der Waals surface area (Å²) < 4.78 is 0. The Balaban J connectivity index is 1.21. The van der Waals surface area contributed by atoms with Crippen LogP contribution in [0.1, 0.15) is 25.0 Å². The minimum Gasteiger partial charge on any atom is -0.0616 e. The van der Waals surface area contributed by atoms with E-state index in [1.165, 1.54) is 109 Å². The smallest absolute Gasteiger partial charge is 0.0159 e. The standard InChI is InChI=1S/C53H36/c1-53(2)49-30-40(39-22-19-33-11-3-6-14-36(33)27-39)25-26-43(49)46-31-47-48(32-50(46)53)52(42-24-21-35-13-5-8-16-38(35)29-42)45-18-10-9-17-44(45)51(47)41-23-20-34-12-4-7-15-37(34)28-41/h3-32H,1-2H3. The van der Waals surface area contributed by atoms with Crippen LogP contribution >= 0.6 is 0 Å². The van der Waals surface area contributed by atoms with Crippen molar-refractivity contribution in [2.45, 2.75) is 19.3 Å². The van der Waals surface area contributed by atoms with Gasteiger partial charge in [-0.3, -0.25) is 0 Å². The quantitative estimate of drug-likeness (QED) is 0.164. The van der Waals surface area contributed by atoms with Crippen LogP contribution in [0.25, 0.3) is 98.4 Å². The Labute approximate surface area is 309 Å². The number of hydrogen-bond acceptors (Lipinski definition) is 0. The van der Waals surface area contributed by atoms with Gasteiger partial charge in [-0.05, 0) is 146 Å². The maximum absolute atomic E-state index is 2.54. The molecule has 0 N–H and O–H groups in total. The van der Waals surface area contributed by atoms with Crippen LogP contribution in [0.4, 0.5) is 0 Å². The fourth-order valence-electron chi connectivity index (χ4n) is 9.26. The third-order valence-corrected chi connectivity index (χ3v) is 12.0. The molecule has 53 heavy (non-hydrogen) atoms. The molecule has 0 bridgehead atoms. The molecule has 0 saturated heterocycles. The molecule has 11 rings (SSSR count). The van der Waals surface area contributed by atoms with Crippen LogP contribution in [0.3, 0.4) is 0 Å². The van der Waals surface area contributed by atoms with Crippen molar-refractivity contribution in [2.75, 3.05) is 0 Å². The molecule has 10 aromatic carbocycles. The van der Waals surface area contributed by atoms with Crippen molar-refractivity contribution in [3.05, 3.63) is 193 Å².